The second kappa shape index (κ2) is 4.63. The molecule has 1 amide bonds. The molecule has 0 saturated carbocycles. The molecule has 1 rings (SSSR count). The average Bonchev–Trinajstić information content (AvgIpc) is 1.99. The van der Waals surface area contributed by atoms with Crippen LogP contribution in [-0.4, -0.2) is 26.3 Å². The number of amides is 1. The number of carbonyl (C=O) groups excluding carboxylic acids is 1. The molecule has 0 saturated heterocycles. The molecular weight excluding hydrogens is 238 g/mol. The van der Waals surface area contributed by atoms with Crippen LogP contribution in [0, 0.1) is 0 Å². The molecule has 6 heteroatoms. The molecule has 0 aliphatic carbocycles. The second-order valence-electron chi connectivity index (χ2n) is 3.13. The van der Waals surface area contributed by atoms with Gasteiger partial charge in [-0.25, -0.2) is 8.42 Å². The lowest BCUT2D eigenvalue weighted by atomic mass is 10.3. The minimum absolute atomic E-state index is 0.479. The van der Waals surface area contributed by atoms with E-state index < -0.39 is 21.5 Å². The van der Waals surface area contributed by atoms with Gasteiger partial charge < -0.3 is 5.32 Å². The van der Waals surface area contributed by atoms with Crippen molar-refractivity contribution in [2.75, 3.05) is 17.3 Å². The van der Waals surface area contributed by atoms with Gasteiger partial charge in [0.1, 0.15) is 5.75 Å². The molecule has 82 valence electrons. The lowest BCUT2D eigenvalue weighted by Gasteiger charge is -2.04. The number of halogens is 1. The first-order valence-electron chi connectivity index (χ1n) is 4.10. The van der Waals surface area contributed by atoms with Gasteiger partial charge in [0.15, 0.2) is 9.84 Å². The predicted octanol–water partition coefficient (Wildman–Crippen LogP) is 1.32. The lowest BCUT2D eigenvalue weighted by Crippen LogP contribution is -2.21. The summed E-state index contributed by atoms with van der Waals surface area (Å²) in [5, 5.41) is 2.92. The summed E-state index contributed by atoms with van der Waals surface area (Å²) < 4.78 is 21.6. The van der Waals surface area contributed by atoms with Crippen molar-refractivity contribution in [2.45, 2.75) is 0 Å². The average molecular weight is 248 g/mol. The minimum Gasteiger partial charge on any atom is -0.325 e. The van der Waals surface area contributed by atoms with Crippen molar-refractivity contribution in [3.63, 3.8) is 0 Å². The number of nitrogens with one attached hydrogen (secondary N) is 1. The van der Waals surface area contributed by atoms with Crippen LogP contribution in [0.3, 0.4) is 0 Å². The predicted molar refractivity (Wildman–Crippen MR) is 59.8 cm³/mol. The van der Waals surface area contributed by atoms with Gasteiger partial charge in [-0.05, 0) is 18.2 Å². The van der Waals surface area contributed by atoms with Gasteiger partial charge in [0.05, 0.1) is 0 Å². The van der Waals surface area contributed by atoms with E-state index in [-0.39, 0.29) is 0 Å². The van der Waals surface area contributed by atoms with Crippen molar-refractivity contribution in [3.8, 4) is 0 Å². The number of anilines is 1. The third-order valence-corrected chi connectivity index (χ3v) is 2.52. The number of hydrogen-bond acceptors (Lipinski definition) is 3. The molecule has 15 heavy (non-hydrogen) atoms. The molecule has 0 aromatic heterocycles. The first-order chi connectivity index (χ1) is 6.87. The van der Waals surface area contributed by atoms with Gasteiger partial charge in [-0.15, -0.1) is 0 Å². The van der Waals surface area contributed by atoms with E-state index >= 15 is 0 Å². The maximum Gasteiger partial charge on any atom is 0.239 e. The first kappa shape index (κ1) is 12.0. The highest BCUT2D eigenvalue weighted by Crippen LogP contribution is 2.14. The summed E-state index contributed by atoms with van der Waals surface area (Å²) in [4.78, 5) is 11.2. The number of carbonyl (C=O) groups is 1. The van der Waals surface area contributed by atoms with Crippen molar-refractivity contribution < 1.29 is 13.2 Å². The molecule has 0 aliphatic rings. The molecule has 1 N–H and O–H groups in total. The van der Waals surface area contributed by atoms with E-state index in [0.29, 0.717) is 10.7 Å². The molecule has 1 aromatic rings. The third kappa shape index (κ3) is 4.80. The standard InChI is InChI=1S/C9H10ClNO3S/c1-15(13,14)6-9(12)11-8-4-2-3-7(10)5-8/h2-5H,6H2,1H3,(H,11,12). The Hall–Kier alpha value is -1.07. The zero-order valence-corrected chi connectivity index (χ0v) is 9.60. The van der Waals surface area contributed by atoms with Crippen molar-refractivity contribution >= 4 is 33.0 Å². The Morgan fingerprint density at radius 1 is 1.47 bits per heavy atom. The Bertz CT molecular complexity index is 470. The topological polar surface area (TPSA) is 63.2 Å². The van der Waals surface area contributed by atoms with E-state index in [0.717, 1.165) is 6.26 Å². The maximum absolute atomic E-state index is 11.2. The summed E-state index contributed by atoms with van der Waals surface area (Å²) in [6, 6.07) is 6.50. The first-order valence-corrected chi connectivity index (χ1v) is 6.54. The van der Waals surface area contributed by atoms with Gasteiger partial charge in [-0.2, -0.15) is 0 Å². The Morgan fingerprint density at radius 2 is 2.13 bits per heavy atom. The summed E-state index contributed by atoms with van der Waals surface area (Å²) in [5.74, 6) is -1.10. The molecule has 0 fully saturated rings. The lowest BCUT2D eigenvalue weighted by molar-refractivity contribution is -0.113. The van der Waals surface area contributed by atoms with Gasteiger partial charge in [0.25, 0.3) is 0 Å². The highest BCUT2D eigenvalue weighted by Gasteiger charge is 2.10. The van der Waals surface area contributed by atoms with Crippen LogP contribution < -0.4 is 5.32 Å². The summed E-state index contributed by atoms with van der Waals surface area (Å²) in [5.41, 5.74) is 0.483. The van der Waals surface area contributed by atoms with Gasteiger partial charge in [-0.3, -0.25) is 4.79 Å². The quantitative estimate of drug-likeness (QED) is 0.876. The van der Waals surface area contributed by atoms with Crippen LogP contribution in [0.4, 0.5) is 5.69 Å². The molecule has 0 radical (unpaired) electrons. The molecule has 0 unspecified atom stereocenters. The van der Waals surface area contributed by atoms with Crippen LogP contribution >= 0.6 is 11.6 Å². The Kier molecular flexibility index (Phi) is 3.71. The Balaban J connectivity index is 2.67. The fourth-order valence-electron chi connectivity index (χ4n) is 1.00. The van der Waals surface area contributed by atoms with Crippen LogP contribution in [-0.2, 0) is 14.6 Å². The summed E-state index contributed by atoms with van der Waals surface area (Å²) >= 11 is 5.69. The van der Waals surface area contributed by atoms with E-state index in [9.17, 15) is 13.2 Å². The van der Waals surface area contributed by atoms with Crippen molar-refractivity contribution in [3.05, 3.63) is 29.3 Å². The molecule has 4 nitrogen and oxygen atoms in total. The van der Waals surface area contributed by atoms with Crippen molar-refractivity contribution in [2.24, 2.45) is 0 Å². The van der Waals surface area contributed by atoms with E-state index in [1.54, 1.807) is 24.3 Å². The SMILES string of the molecule is CS(=O)(=O)CC(=O)Nc1cccc(Cl)c1. The maximum atomic E-state index is 11.2. The van der Waals surface area contributed by atoms with Gasteiger partial charge in [0, 0.05) is 17.0 Å². The monoisotopic (exact) mass is 247 g/mol. The number of rotatable bonds is 3. The molecule has 0 heterocycles. The fourth-order valence-corrected chi connectivity index (χ4v) is 1.74. The van der Waals surface area contributed by atoms with E-state index in [1.807, 2.05) is 0 Å². The van der Waals surface area contributed by atoms with Gasteiger partial charge in [-0.1, -0.05) is 17.7 Å². The zero-order chi connectivity index (χ0) is 11.5. The molecule has 0 spiro atoms. The van der Waals surface area contributed by atoms with Crippen LogP contribution in [0.2, 0.25) is 5.02 Å². The van der Waals surface area contributed by atoms with Crippen LogP contribution in [0.1, 0.15) is 0 Å². The molecular formula is C9H10ClNO3S. The molecule has 0 bridgehead atoms. The normalized spacial score (nSPS) is 11.1. The molecule has 0 atom stereocenters. The summed E-state index contributed by atoms with van der Waals surface area (Å²) in [7, 11) is -3.30. The van der Waals surface area contributed by atoms with Crippen molar-refractivity contribution in [1.82, 2.24) is 0 Å². The highest BCUT2D eigenvalue weighted by atomic mass is 35.5. The van der Waals surface area contributed by atoms with Crippen LogP contribution in [0.25, 0.3) is 0 Å². The highest BCUT2D eigenvalue weighted by molar-refractivity contribution is 7.91. The van der Waals surface area contributed by atoms with E-state index in [2.05, 4.69) is 5.32 Å². The van der Waals surface area contributed by atoms with Crippen LogP contribution in [0.5, 0.6) is 0 Å². The van der Waals surface area contributed by atoms with E-state index in [1.165, 1.54) is 0 Å². The Morgan fingerprint density at radius 3 is 2.67 bits per heavy atom. The van der Waals surface area contributed by atoms with Gasteiger partial charge in [0.2, 0.25) is 5.91 Å². The minimum atomic E-state index is -3.30. The largest absolute Gasteiger partial charge is 0.325 e. The summed E-state index contributed by atoms with van der Waals surface area (Å²) in [6.07, 6.45) is 1.00. The number of sulfone groups is 1. The number of hydrogen-bond donors (Lipinski definition) is 1. The van der Waals surface area contributed by atoms with Crippen molar-refractivity contribution in [1.29, 1.82) is 0 Å². The van der Waals surface area contributed by atoms with Crippen LogP contribution in [0.15, 0.2) is 24.3 Å². The fraction of sp³-hybridized carbons (Fsp3) is 0.222. The smallest absolute Gasteiger partial charge is 0.239 e. The Labute approximate surface area is 93.2 Å². The third-order valence-electron chi connectivity index (χ3n) is 1.50. The molecule has 1 aromatic carbocycles. The zero-order valence-electron chi connectivity index (χ0n) is 8.03. The summed E-state index contributed by atoms with van der Waals surface area (Å²) in [6.45, 7) is 0. The second-order valence-corrected chi connectivity index (χ2v) is 5.71. The van der Waals surface area contributed by atoms with Gasteiger partial charge >= 0.3 is 0 Å². The number of benzene rings is 1. The van der Waals surface area contributed by atoms with E-state index in [4.69, 9.17) is 11.6 Å². The molecule has 0 aliphatic heterocycles.